The number of hydrogen-bond donors (Lipinski definition) is 1. The second kappa shape index (κ2) is 5.35. The molecule has 0 saturated carbocycles. The van der Waals surface area contributed by atoms with Gasteiger partial charge in [0.2, 0.25) is 5.91 Å². The van der Waals surface area contributed by atoms with Crippen molar-refractivity contribution in [2.45, 2.75) is 19.4 Å². The molecular formula is C13H20N4O. The monoisotopic (exact) mass is 248 g/mol. The predicted octanol–water partition coefficient (Wildman–Crippen LogP) is 0.369. The molecule has 1 aromatic heterocycles. The predicted molar refractivity (Wildman–Crippen MR) is 71.0 cm³/mol. The molecule has 1 saturated heterocycles. The third kappa shape index (κ3) is 2.98. The molecule has 5 nitrogen and oxygen atoms in total. The Morgan fingerprint density at radius 3 is 2.89 bits per heavy atom. The normalized spacial score (nSPS) is 21.0. The first-order valence-electron chi connectivity index (χ1n) is 6.24. The van der Waals surface area contributed by atoms with Gasteiger partial charge in [0.15, 0.2) is 0 Å². The lowest BCUT2D eigenvalue weighted by Gasteiger charge is -2.37. The van der Waals surface area contributed by atoms with Gasteiger partial charge in [-0.2, -0.15) is 0 Å². The molecule has 1 aliphatic heterocycles. The minimum Gasteiger partial charge on any atom is -0.397 e. The smallest absolute Gasteiger partial charge is 0.228 e. The quantitative estimate of drug-likeness (QED) is 0.821. The molecule has 0 aliphatic carbocycles. The van der Waals surface area contributed by atoms with Crippen molar-refractivity contribution in [1.82, 2.24) is 14.8 Å². The molecular weight excluding hydrogens is 228 g/mol. The van der Waals surface area contributed by atoms with Crippen LogP contribution in [-0.4, -0.2) is 53.4 Å². The first kappa shape index (κ1) is 12.8. The summed E-state index contributed by atoms with van der Waals surface area (Å²) >= 11 is 0. The van der Waals surface area contributed by atoms with Crippen molar-refractivity contribution >= 4 is 11.6 Å². The van der Waals surface area contributed by atoms with E-state index in [9.17, 15) is 4.79 Å². The maximum Gasteiger partial charge on any atom is 0.228 e. The number of aromatic nitrogens is 1. The van der Waals surface area contributed by atoms with Gasteiger partial charge in [-0.05, 0) is 26.1 Å². The van der Waals surface area contributed by atoms with Crippen LogP contribution in [0.4, 0.5) is 5.69 Å². The number of nitrogen functional groups attached to an aromatic ring is 1. The summed E-state index contributed by atoms with van der Waals surface area (Å²) in [6, 6.07) is 4.01. The topological polar surface area (TPSA) is 62.5 Å². The number of likely N-dealkylation sites (N-methyl/N-ethyl adjacent to an activating group) is 1. The largest absolute Gasteiger partial charge is 0.397 e. The SMILES string of the molecule is CC1CN(C(=O)Cc2ccc(N)cn2)CCN1C. The maximum absolute atomic E-state index is 12.1. The minimum absolute atomic E-state index is 0.146. The van der Waals surface area contributed by atoms with Gasteiger partial charge in [-0.25, -0.2) is 0 Å². The summed E-state index contributed by atoms with van der Waals surface area (Å²) < 4.78 is 0. The molecule has 2 heterocycles. The van der Waals surface area contributed by atoms with Gasteiger partial charge in [0.25, 0.3) is 0 Å². The summed E-state index contributed by atoms with van der Waals surface area (Å²) in [5.74, 6) is 0.146. The van der Waals surface area contributed by atoms with Gasteiger partial charge in [0, 0.05) is 31.4 Å². The summed E-state index contributed by atoms with van der Waals surface area (Å²) in [7, 11) is 2.09. The van der Waals surface area contributed by atoms with E-state index in [4.69, 9.17) is 5.73 Å². The fraction of sp³-hybridized carbons (Fsp3) is 0.538. The molecule has 0 aromatic carbocycles. The number of rotatable bonds is 2. The van der Waals surface area contributed by atoms with Gasteiger partial charge in [0.05, 0.1) is 18.3 Å². The number of amides is 1. The Morgan fingerprint density at radius 1 is 1.50 bits per heavy atom. The van der Waals surface area contributed by atoms with Gasteiger partial charge in [0.1, 0.15) is 0 Å². The van der Waals surface area contributed by atoms with Gasteiger partial charge in [-0.3, -0.25) is 9.78 Å². The van der Waals surface area contributed by atoms with E-state index in [2.05, 4.69) is 23.9 Å². The van der Waals surface area contributed by atoms with Gasteiger partial charge >= 0.3 is 0 Å². The Balaban J connectivity index is 1.94. The molecule has 1 aromatic rings. The highest BCUT2D eigenvalue weighted by atomic mass is 16.2. The van der Waals surface area contributed by atoms with Crippen molar-refractivity contribution in [3.8, 4) is 0 Å². The highest BCUT2D eigenvalue weighted by Gasteiger charge is 2.24. The van der Waals surface area contributed by atoms with E-state index < -0.39 is 0 Å². The molecule has 2 N–H and O–H groups in total. The van der Waals surface area contributed by atoms with Crippen LogP contribution in [0.3, 0.4) is 0 Å². The molecule has 0 bridgehead atoms. The van der Waals surface area contributed by atoms with Crippen molar-refractivity contribution in [2.75, 3.05) is 32.4 Å². The fourth-order valence-corrected chi connectivity index (χ4v) is 2.08. The van der Waals surface area contributed by atoms with Crippen LogP contribution in [0.2, 0.25) is 0 Å². The molecule has 98 valence electrons. The van der Waals surface area contributed by atoms with E-state index >= 15 is 0 Å². The number of pyridine rings is 1. The third-order valence-electron chi connectivity index (χ3n) is 3.49. The van der Waals surface area contributed by atoms with E-state index in [0.717, 1.165) is 25.3 Å². The van der Waals surface area contributed by atoms with Crippen LogP contribution in [-0.2, 0) is 11.2 Å². The molecule has 0 radical (unpaired) electrons. The standard InChI is InChI=1S/C13H20N4O/c1-10-9-17(6-5-16(10)2)13(18)7-12-4-3-11(14)8-15-12/h3-4,8,10H,5-7,9,14H2,1-2H3. The molecule has 1 fully saturated rings. The number of nitrogens with zero attached hydrogens (tertiary/aromatic N) is 3. The average Bonchev–Trinajstić information content (AvgIpc) is 2.35. The van der Waals surface area contributed by atoms with Crippen molar-refractivity contribution in [3.63, 3.8) is 0 Å². The van der Waals surface area contributed by atoms with Crippen LogP contribution in [0.1, 0.15) is 12.6 Å². The molecule has 18 heavy (non-hydrogen) atoms. The Hall–Kier alpha value is -1.62. The number of anilines is 1. The van der Waals surface area contributed by atoms with Crippen LogP contribution in [0.5, 0.6) is 0 Å². The number of hydrogen-bond acceptors (Lipinski definition) is 4. The zero-order valence-electron chi connectivity index (χ0n) is 11.0. The van der Waals surface area contributed by atoms with E-state index in [-0.39, 0.29) is 5.91 Å². The fourth-order valence-electron chi connectivity index (χ4n) is 2.08. The van der Waals surface area contributed by atoms with Crippen molar-refractivity contribution in [3.05, 3.63) is 24.0 Å². The molecule has 1 atom stereocenters. The minimum atomic E-state index is 0.146. The lowest BCUT2D eigenvalue weighted by atomic mass is 10.1. The Bertz CT molecular complexity index is 418. The van der Waals surface area contributed by atoms with Crippen molar-refractivity contribution < 1.29 is 4.79 Å². The maximum atomic E-state index is 12.1. The lowest BCUT2D eigenvalue weighted by molar-refractivity contribution is -0.133. The van der Waals surface area contributed by atoms with Crippen LogP contribution in [0, 0.1) is 0 Å². The zero-order valence-corrected chi connectivity index (χ0v) is 11.0. The second-order valence-electron chi connectivity index (χ2n) is 4.93. The van der Waals surface area contributed by atoms with Crippen molar-refractivity contribution in [1.29, 1.82) is 0 Å². The van der Waals surface area contributed by atoms with Crippen LogP contribution in [0.15, 0.2) is 18.3 Å². The summed E-state index contributed by atoms with van der Waals surface area (Å²) in [5, 5.41) is 0. The van der Waals surface area contributed by atoms with Gasteiger partial charge < -0.3 is 15.5 Å². The summed E-state index contributed by atoms with van der Waals surface area (Å²) in [4.78, 5) is 20.5. The Kier molecular flexibility index (Phi) is 3.81. The van der Waals surface area contributed by atoms with E-state index in [0.29, 0.717) is 18.2 Å². The lowest BCUT2D eigenvalue weighted by Crippen LogP contribution is -2.52. The second-order valence-corrected chi connectivity index (χ2v) is 4.93. The van der Waals surface area contributed by atoms with Crippen LogP contribution in [0.25, 0.3) is 0 Å². The molecule has 1 unspecified atom stereocenters. The van der Waals surface area contributed by atoms with E-state index in [1.807, 2.05) is 11.0 Å². The highest BCUT2D eigenvalue weighted by Crippen LogP contribution is 2.09. The number of carbonyl (C=O) groups excluding carboxylic acids is 1. The molecule has 1 amide bonds. The summed E-state index contributed by atoms with van der Waals surface area (Å²) in [6.45, 7) is 4.67. The Morgan fingerprint density at radius 2 is 2.28 bits per heavy atom. The van der Waals surface area contributed by atoms with E-state index in [1.54, 1.807) is 12.3 Å². The number of nitrogens with two attached hydrogens (primary N) is 1. The first-order valence-corrected chi connectivity index (χ1v) is 6.24. The van der Waals surface area contributed by atoms with Crippen LogP contribution >= 0.6 is 0 Å². The third-order valence-corrected chi connectivity index (χ3v) is 3.49. The van der Waals surface area contributed by atoms with Crippen LogP contribution < -0.4 is 5.73 Å². The molecule has 0 spiro atoms. The number of carbonyl (C=O) groups is 1. The average molecular weight is 248 g/mol. The van der Waals surface area contributed by atoms with Gasteiger partial charge in [-0.15, -0.1) is 0 Å². The van der Waals surface area contributed by atoms with Crippen molar-refractivity contribution in [2.24, 2.45) is 0 Å². The number of piperazine rings is 1. The first-order chi connectivity index (χ1) is 8.56. The zero-order chi connectivity index (χ0) is 13.1. The molecule has 2 rings (SSSR count). The molecule has 1 aliphatic rings. The van der Waals surface area contributed by atoms with E-state index in [1.165, 1.54) is 0 Å². The summed E-state index contributed by atoms with van der Waals surface area (Å²) in [6.07, 6.45) is 1.95. The Labute approximate surface area is 108 Å². The van der Waals surface area contributed by atoms with Gasteiger partial charge in [-0.1, -0.05) is 0 Å². The highest BCUT2D eigenvalue weighted by molar-refractivity contribution is 5.78. The summed E-state index contributed by atoms with van der Waals surface area (Å²) in [5.41, 5.74) is 6.97. The molecule has 5 heteroatoms.